The number of halogens is 1. The molecule has 0 heterocycles. The number of rotatable bonds is 5. The smallest absolute Gasteiger partial charge is 0.179 e. The quantitative estimate of drug-likeness (QED) is 0.663. The van der Waals surface area contributed by atoms with Gasteiger partial charge in [-0.05, 0) is 42.8 Å². The zero-order valence-electron chi connectivity index (χ0n) is 11.5. The minimum atomic E-state index is -3.29. The number of hydrogen-bond donors (Lipinski definition) is 1. The number of thioether (sulfide) groups is 1. The Bertz CT molecular complexity index is 728. The number of sulfone groups is 1. The summed E-state index contributed by atoms with van der Waals surface area (Å²) in [5.74, 6) is 0.519. The molecule has 0 radical (unpaired) electrons. The predicted octanol–water partition coefficient (Wildman–Crippen LogP) is 3.80. The van der Waals surface area contributed by atoms with E-state index in [1.807, 2.05) is 25.1 Å². The van der Waals surface area contributed by atoms with Crippen molar-refractivity contribution in [1.29, 1.82) is 0 Å². The Morgan fingerprint density at radius 2 is 1.81 bits per heavy atom. The van der Waals surface area contributed by atoms with Crippen LogP contribution in [0.4, 0.5) is 5.69 Å². The summed E-state index contributed by atoms with van der Waals surface area (Å²) in [7, 11) is -3.29. The molecule has 0 unspecified atom stereocenters. The highest BCUT2D eigenvalue weighted by Crippen LogP contribution is 2.28. The van der Waals surface area contributed by atoms with Gasteiger partial charge in [-0.25, -0.2) is 8.42 Å². The number of anilines is 1. The summed E-state index contributed by atoms with van der Waals surface area (Å²) < 4.78 is 24.4. The maximum Gasteiger partial charge on any atom is 0.179 e. The Labute approximate surface area is 134 Å². The molecule has 0 fully saturated rings. The number of hydrogen-bond acceptors (Lipinski definition) is 4. The van der Waals surface area contributed by atoms with E-state index in [9.17, 15) is 8.42 Å². The van der Waals surface area contributed by atoms with Crippen molar-refractivity contribution in [2.75, 3.05) is 17.2 Å². The van der Waals surface area contributed by atoms with E-state index in [0.717, 1.165) is 10.5 Å². The van der Waals surface area contributed by atoms with Crippen molar-refractivity contribution in [3.8, 4) is 0 Å². The molecule has 0 aromatic heterocycles. The van der Waals surface area contributed by atoms with Crippen LogP contribution in [0.3, 0.4) is 0 Å². The fourth-order valence-electron chi connectivity index (χ4n) is 1.80. The average molecular weight is 342 g/mol. The van der Waals surface area contributed by atoms with Crippen molar-refractivity contribution in [3.05, 3.63) is 53.1 Å². The highest BCUT2D eigenvalue weighted by atomic mass is 35.5. The van der Waals surface area contributed by atoms with Crippen LogP contribution in [0.5, 0.6) is 0 Å². The monoisotopic (exact) mass is 341 g/mol. The molecule has 0 aliphatic heterocycles. The van der Waals surface area contributed by atoms with Crippen molar-refractivity contribution in [2.24, 2.45) is 0 Å². The molecule has 112 valence electrons. The molecule has 0 amide bonds. The molecule has 3 nitrogen and oxygen atoms in total. The van der Waals surface area contributed by atoms with Crippen LogP contribution in [-0.2, 0) is 9.84 Å². The molecule has 0 spiro atoms. The number of benzene rings is 2. The van der Waals surface area contributed by atoms with Crippen LogP contribution >= 0.6 is 23.4 Å². The number of nitrogens with two attached hydrogens (primary N) is 1. The van der Waals surface area contributed by atoms with Gasteiger partial charge in [0.15, 0.2) is 9.84 Å². The molecule has 2 aromatic carbocycles. The van der Waals surface area contributed by atoms with Gasteiger partial charge < -0.3 is 5.73 Å². The third-order valence-corrected chi connectivity index (χ3v) is 6.38. The van der Waals surface area contributed by atoms with Crippen molar-refractivity contribution < 1.29 is 8.42 Å². The topological polar surface area (TPSA) is 60.2 Å². The second-order valence-corrected chi connectivity index (χ2v) is 8.29. The van der Waals surface area contributed by atoms with Crippen LogP contribution in [0.25, 0.3) is 0 Å². The fourth-order valence-corrected chi connectivity index (χ4v) is 4.64. The first-order chi connectivity index (χ1) is 9.90. The van der Waals surface area contributed by atoms with Crippen LogP contribution in [-0.4, -0.2) is 19.9 Å². The Hall–Kier alpha value is -1.17. The fraction of sp³-hybridized carbons (Fsp3) is 0.200. The second kappa shape index (κ2) is 6.73. The third-order valence-electron chi connectivity index (χ3n) is 3.07. The summed E-state index contributed by atoms with van der Waals surface area (Å²) in [6.07, 6.45) is 0. The van der Waals surface area contributed by atoms with E-state index in [1.165, 1.54) is 23.9 Å². The first-order valence-corrected chi connectivity index (χ1v) is 9.38. The first-order valence-electron chi connectivity index (χ1n) is 6.36. The van der Waals surface area contributed by atoms with E-state index in [0.29, 0.717) is 21.4 Å². The van der Waals surface area contributed by atoms with E-state index >= 15 is 0 Å². The van der Waals surface area contributed by atoms with E-state index in [4.69, 9.17) is 17.3 Å². The normalized spacial score (nSPS) is 11.5. The molecule has 0 saturated heterocycles. The lowest BCUT2D eigenvalue weighted by Crippen LogP contribution is -2.09. The average Bonchev–Trinajstić information content (AvgIpc) is 2.44. The van der Waals surface area contributed by atoms with Crippen LogP contribution in [0, 0.1) is 6.92 Å². The first kappa shape index (κ1) is 16.2. The molecule has 0 atom stereocenters. The van der Waals surface area contributed by atoms with Gasteiger partial charge in [-0.2, -0.15) is 0 Å². The number of nitrogen functional groups attached to an aromatic ring is 1. The molecule has 0 saturated carbocycles. The Kier molecular flexibility index (Phi) is 5.19. The zero-order chi connectivity index (χ0) is 15.5. The molecule has 2 N–H and O–H groups in total. The Morgan fingerprint density at radius 1 is 1.14 bits per heavy atom. The summed E-state index contributed by atoms with van der Waals surface area (Å²) >= 11 is 7.22. The van der Waals surface area contributed by atoms with E-state index in [2.05, 4.69) is 0 Å². The second-order valence-electron chi connectivity index (χ2n) is 4.61. The summed E-state index contributed by atoms with van der Waals surface area (Å²) in [6, 6.07) is 12.0. The SMILES string of the molecule is Cc1cccc(SCCS(=O)(=O)c2ccc(Cl)cc2)c1N. The molecular formula is C15H16ClNO2S2. The van der Waals surface area contributed by atoms with Gasteiger partial charge in [0.2, 0.25) is 0 Å². The molecule has 6 heteroatoms. The van der Waals surface area contributed by atoms with Crippen LogP contribution in [0.2, 0.25) is 5.02 Å². The summed E-state index contributed by atoms with van der Waals surface area (Å²) in [5, 5.41) is 0.524. The van der Waals surface area contributed by atoms with E-state index < -0.39 is 9.84 Å². The summed E-state index contributed by atoms with van der Waals surface area (Å²) in [4.78, 5) is 1.21. The lowest BCUT2D eigenvalue weighted by Gasteiger charge is -2.08. The molecule has 0 aliphatic rings. The Balaban J connectivity index is 2.02. The van der Waals surface area contributed by atoms with Crippen molar-refractivity contribution in [2.45, 2.75) is 16.7 Å². The minimum Gasteiger partial charge on any atom is -0.398 e. The van der Waals surface area contributed by atoms with Gasteiger partial charge in [-0.1, -0.05) is 23.7 Å². The maximum atomic E-state index is 12.2. The highest BCUT2D eigenvalue weighted by Gasteiger charge is 2.14. The van der Waals surface area contributed by atoms with E-state index in [-0.39, 0.29) is 5.75 Å². The number of para-hydroxylation sites is 1. The molecule has 2 aromatic rings. The molecule has 0 bridgehead atoms. The Morgan fingerprint density at radius 3 is 2.48 bits per heavy atom. The molecular weight excluding hydrogens is 326 g/mol. The predicted molar refractivity (Wildman–Crippen MR) is 89.8 cm³/mol. The number of aryl methyl sites for hydroxylation is 1. The van der Waals surface area contributed by atoms with Gasteiger partial charge >= 0.3 is 0 Å². The van der Waals surface area contributed by atoms with E-state index in [1.54, 1.807) is 12.1 Å². The van der Waals surface area contributed by atoms with Crippen molar-refractivity contribution in [3.63, 3.8) is 0 Å². The van der Waals surface area contributed by atoms with Gasteiger partial charge in [0.25, 0.3) is 0 Å². The molecule has 0 aliphatic carbocycles. The van der Waals surface area contributed by atoms with Crippen molar-refractivity contribution in [1.82, 2.24) is 0 Å². The highest BCUT2D eigenvalue weighted by molar-refractivity contribution is 8.00. The lowest BCUT2D eigenvalue weighted by molar-refractivity contribution is 0.597. The standard InChI is InChI=1S/C15H16ClNO2S2/c1-11-3-2-4-14(15(11)17)20-9-10-21(18,19)13-7-5-12(16)6-8-13/h2-8H,9-10,17H2,1H3. The zero-order valence-corrected chi connectivity index (χ0v) is 13.9. The summed E-state index contributed by atoms with van der Waals surface area (Å²) in [6.45, 7) is 1.93. The lowest BCUT2D eigenvalue weighted by atomic mass is 10.2. The van der Waals surface area contributed by atoms with Crippen LogP contribution in [0.15, 0.2) is 52.3 Å². The van der Waals surface area contributed by atoms with Gasteiger partial charge in [-0.15, -0.1) is 11.8 Å². The molecule has 2 rings (SSSR count). The van der Waals surface area contributed by atoms with Gasteiger partial charge in [0.05, 0.1) is 10.6 Å². The van der Waals surface area contributed by atoms with Gasteiger partial charge in [0, 0.05) is 21.4 Å². The van der Waals surface area contributed by atoms with Crippen LogP contribution < -0.4 is 5.73 Å². The van der Waals surface area contributed by atoms with Crippen molar-refractivity contribution >= 4 is 38.9 Å². The van der Waals surface area contributed by atoms with Gasteiger partial charge in [0.1, 0.15) is 0 Å². The van der Waals surface area contributed by atoms with Crippen LogP contribution in [0.1, 0.15) is 5.56 Å². The third kappa shape index (κ3) is 4.15. The minimum absolute atomic E-state index is 0.0622. The van der Waals surface area contributed by atoms with Gasteiger partial charge in [-0.3, -0.25) is 0 Å². The maximum absolute atomic E-state index is 12.2. The molecule has 21 heavy (non-hydrogen) atoms. The largest absolute Gasteiger partial charge is 0.398 e. The summed E-state index contributed by atoms with van der Waals surface area (Å²) in [5.41, 5.74) is 7.69.